The molecule has 0 saturated carbocycles. The van der Waals surface area contributed by atoms with Gasteiger partial charge in [0.1, 0.15) is 5.82 Å². The Morgan fingerprint density at radius 2 is 1.73 bits per heavy atom. The highest BCUT2D eigenvalue weighted by Gasteiger charge is 2.31. The van der Waals surface area contributed by atoms with Crippen LogP contribution in [0.2, 0.25) is 0 Å². The second-order valence-electron chi connectivity index (χ2n) is 5.43. The Hall–Kier alpha value is -3.45. The summed E-state index contributed by atoms with van der Waals surface area (Å²) in [5.74, 6) is 3.98. The fraction of sp³-hybridized carbons (Fsp3) is 0.150. The van der Waals surface area contributed by atoms with Crippen LogP contribution in [0.15, 0.2) is 42.0 Å². The first-order valence-corrected chi connectivity index (χ1v) is 9.46. The summed E-state index contributed by atoms with van der Waals surface area (Å²) in [6, 6.07) is 3.24. The number of benzene rings is 1. The van der Waals surface area contributed by atoms with E-state index in [1.807, 2.05) is 13.8 Å². The Bertz CT molecular complexity index is 1080. The highest BCUT2D eigenvalue weighted by Crippen LogP contribution is 2.32. The maximum absolute atomic E-state index is 13.8. The van der Waals surface area contributed by atoms with Crippen LogP contribution in [0.25, 0.3) is 0 Å². The molecule has 0 aliphatic heterocycles. The van der Waals surface area contributed by atoms with E-state index in [1.54, 1.807) is 5.38 Å². The van der Waals surface area contributed by atoms with Gasteiger partial charge in [0.15, 0.2) is 0 Å². The fourth-order valence-corrected chi connectivity index (χ4v) is 2.78. The number of hydrogen-bond donors (Lipinski definition) is 2. The number of nitrogens with two attached hydrogens (primary N) is 1. The third-order valence-electron chi connectivity index (χ3n) is 3.39. The van der Waals surface area contributed by atoms with Crippen LogP contribution in [0.5, 0.6) is 0 Å². The lowest BCUT2D eigenvalue weighted by Crippen LogP contribution is -2.13. The van der Waals surface area contributed by atoms with Crippen molar-refractivity contribution in [2.45, 2.75) is 20.0 Å². The average Bonchev–Trinajstić information content (AvgIpc) is 3.19. The summed E-state index contributed by atoms with van der Waals surface area (Å²) >= 11 is 1.02. The van der Waals surface area contributed by atoms with Gasteiger partial charge in [-0.15, -0.1) is 11.3 Å². The van der Waals surface area contributed by atoms with Gasteiger partial charge in [0.05, 0.1) is 21.7 Å². The highest BCUT2D eigenvalue weighted by molar-refractivity contribution is 7.12. The van der Waals surface area contributed by atoms with Crippen LogP contribution in [-0.2, 0) is 6.18 Å². The minimum absolute atomic E-state index is 0.113. The number of hydrogen-bond acceptors (Lipinski definition) is 5. The molecule has 0 unspecified atom stereocenters. The number of nitrogens with one attached hydrogen (secondary N) is 1. The van der Waals surface area contributed by atoms with Gasteiger partial charge in [0, 0.05) is 23.3 Å². The molecular formula is C20H16F4N4OS. The SMILES string of the molecule is CC.Nc1ncc(C#Cc2csc(C(=O)Nc3cc(C(F)(F)F)ccc3F)c2)cn1. The van der Waals surface area contributed by atoms with E-state index in [0.29, 0.717) is 29.3 Å². The molecule has 156 valence electrons. The molecule has 0 bridgehead atoms. The van der Waals surface area contributed by atoms with Gasteiger partial charge < -0.3 is 11.1 Å². The lowest BCUT2D eigenvalue weighted by atomic mass is 10.2. The molecule has 3 rings (SSSR count). The van der Waals surface area contributed by atoms with E-state index < -0.39 is 29.2 Å². The Balaban J connectivity index is 0.00000155. The number of carbonyl (C=O) groups excluding carboxylic acids is 1. The van der Waals surface area contributed by atoms with Gasteiger partial charge in [-0.3, -0.25) is 4.79 Å². The van der Waals surface area contributed by atoms with Crippen molar-refractivity contribution < 1.29 is 22.4 Å². The number of rotatable bonds is 2. The molecule has 10 heteroatoms. The van der Waals surface area contributed by atoms with Crippen LogP contribution in [0.4, 0.5) is 29.2 Å². The third-order valence-corrected chi connectivity index (χ3v) is 4.32. The maximum Gasteiger partial charge on any atom is 0.416 e. The van der Waals surface area contributed by atoms with Gasteiger partial charge in [-0.2, -0.15) is 13.2 Å². The Morgan fingerprint density at radius 1 is 1.10 bits per heavy atom. The van der Waals surface area contributed by atoms with Crippen molar-refractivity contribution in [2.24, 2.45) is 0 Å². The zero-order valence-electron chi connectivity index (χ0n) is 15.8. The normalized spacial score (nSPS) is 10.3. The highest BCUT2D eigenvalue weighted by atomic mass is 32.1. The molecule has 2 heterocycles. The molecule has 0 aliphatic carbocycles. The van der Waals surface area contributed by atoms with Crippen LogP contribution >= 0.6 is 11.3 Å². The van der Waals surface area contributed by atoms with E-state index in [1.165, 1.54) is 18.5 Å². The smallest absolute Gasteiger partial charge is 0.368 e. The quantitative estimate of drug-likeness (QED) is 0.440. The monoisotopic (exact) mass is 436 g/mol. The largest absolute Gasteiger partial charge is 0.416 e. The standard InChI is InChI=1S/C18H10F4N4OS.C2H6/c19-13-4-3-12(18(20,21)22)6-14(13)26-16(27)15-5-10(9-28-15)1-2-11-7-24-17(23)25-8-11;1-2/h3-9H,(H,26,27)(H2,23,24,25);1-2H3. The van der Waals surface area contributed by atoms with Crippen LogP contribution in [0, 0.1) is 17.7 Å². The van der Waals surface area contributed by atoms with Gasteiger partial charge in [0.2, 0.25) is 5.95 Å². The Labute approximate surface area is 174 Å². The van der Waals surface area contributed by atoms with E-state index in [2.05, 4.69) is 27.1 Å². The molecule has 0 fully saturated rings. The molecule has 3 N–H and O–H groups in total. The van der Waals surface area contributed by atoms with Crippen molar-refractivity contribution in [3.8, 4) is 11.8 Å². The average molecular weight is 436 g/mol. The van der Waals surface area contributed by atoms with Crippen molar-refractivity contribution in [3.05, 3.63) is 69.4 Å². The Kier molecular flexibility index (Phi) is 7.49. The number of thiophene rings is 1. The lowest BCUT2D eigenvalue weighted by Gasteiger charge is -2.10. The summed E-state index contributed by atoms with van der Waals surface area (Å²) in [4.78, 5) is 20.0. The first-order valence-electron chi connectivity index (χ1n) is 8.58. The van der Waals surface area contributed by atoms with E-state index >= 15 is 0 Å². The molecule has 3 aromatic rings. The summed E-state index contributed by atoms with van der Waals surface area (Å²) in [7, 11) is 0. The zero-order valence-corrected chi connectivity index (χ0v) is 16.7. The van der Waals surface area contributed by atoms with E-state index in [4.69, 9.17) is 5.73 Å². The number of nitrogen functional groups attached to an aromatic ring is 1. The molecule has 0 spiro atoms. The number of anilines is 2. The predicted molar refractivity (Wildman–Crippen MR) is 107 cm³/mol. The molecule has 0 atom stereocenters. The van der Waals surface area contributed by atoms with E-state index in [-0.39, 0.29) is 10.8 Å². The van der Waals surface area contributed by atoms with Gasteiger partial charge in [-0.1, -0.05) is 25.7 Å². The molecule has 0 saturated heterocycles. The van der Waals surface area contributed by atoms with Gasteiger partial charge in [-0.25, -0.2) is 14.4 Å². The topological polar surface area (TPSA) is 80.9 Å². The molecule has 0 radical (unpaired) electrons. The van der Waals surface area contributed by atoms with Gasteiger partial charge in [-0.05, 0) is 24.3 Å². The van der Waals surface area contributed by atoms with Crippen LogP contribution in [0.3, 0.4) is 0 Å². The minimum Gasteiger partial charge on any atom is -0.368 e. The number of carbonyl (C=O) groups is 1. The summed E-state index contributed by atoms with van der Waals surface area (Å²) in [5, 5.41) is 3.73. The number of alkyl halides is 3. The van der Waals surface area contributed by atoms with Crippen LogP contribution < -0.4 is 11.1 Å². The van der Waals surface area contributed by atoms with Crippen molar-refractivity contribution in [1.82, 2.24) is 9.97 Å². The summed E-state index contributed by atoms with van der Waals surface area (Å²) in [6.07, 6.45) is -1.78. The Morgan fingerprint density at radius 3 is 2.37 bits per heavy atom. The third kappa shape index (κ3) is 6.02. The van der Waals surface area contributed by atoms with E-state index in [0.717, 1.165) is 11.3 Å². The van der Waals surface area contributed by atoms with Gasteiger partial charge in [0.25, 0.3) is 5.91 Å². The van der Waals surface area contributed by atoms with Crippen molar-refractivity contribution >= 4 is 28.9 Å². The van der Waals surface area contributed by atoms with Crippen molar-refractivity contribution in [3.63, 3.8) is 0 Å². The number of nitrogens with zero attached hydrogens (tertiary/aromatic N) is 2. The first kappa shape index (κ1) is 22.8. The second kappa shape index (κ2) is 9.84. The lowest BCUT2D eigenvalue weighted by molar-refractivity contribution is -0.137. The first-order chi connectivity index (χ1) is 14.2. The van der Waals surface area contributed by atoms with Gasteiger partial charge >= 0.3 is 6.18 Å². The van der Waals surface area contributed by atoms with Crippen molar-refractivity contribution in [2.75, 3.05) is 11.1 Å². The molecule has 0 aliphatic rings. The summed E-state index contributed by atoms with van der Waals surface area (Å²) in [5.41, 5.74) is 4.77. The second-order valence-corrected chi connectivity index (χ2v) is 6.34. The fourth-order valence-electron chi connectivity index (χ4n) is 2.05. The molecule has 1 aromatic carbocycles. The van der Waals surface area contributed by atoms with E-state index in [9.17, 15) is 22.4 Å². The van der Waals surface area contributed by atoms with Crippen LogP contribution in [0.1, 0.15) is 40.2 Å². The zero-order chi connectivity index (χ0) is 22.3. The number of halogens is 4. The predicted octanol–water partition coefficient (Wildman–Crippen LogP) is 4.96. The number of aromatic nitrogens is 2. The molecule has 1 amide bonds. The molecule has 5 nitrogen and oxygen atoms in total. The summed E-state index contributed by atoms with van der Waals surface area (Å²) in [6.45, 7) is 4.00. The molecular weight excluding hydrogens is 420 g/mol. The van der Waals surface area contributed by atoms with Crippen molar-refractivity contribution in [1.29, 1.82) is 0 Å². The molecule has 30 heavy (non-hydrogen) atoms. The molecule has 2 aromatic heterocycles. The number of amides is 1. The minimum atomic E-state index is -4.65. The maximum atomic E-state index is 13.8. The van der Waals surface area contributed by atoms with Crippen LogP contribution in [-0.4, -0.2) is 15.9 Å². The summed E-state index contributed by atoms with van der Waals surface area (Å²) < 4.78 is 52.0.